The molecule has 0 atom stereocenters. The maximum Gasteiger partial charge on any atom is 0.407 e. The van der Waals surface area contributed by atoms with Crippen molar-refractivity contribution in [2.24, 2.45) is 0 Å². The van der Waals surface area contributed by atoms with Gasteiger partial charge in [0.15, 0.2) is 0 Å². The molecule has 0 bridgehead atoms. The first-order valence-electron chi connectivity index (χ1n) is 10.1. The molecule has 1 aliphatic rings. The predicted octanol–water partition coefficient (Wildman–Crippen LogP) is 5.61. The van der Waals surface area contributed by atoms with Crippen LogP contribution < -0.4 is 5.32 Å². The van der Waals surface area contributed by atoms with Gasteiger partial charge in [-0.3, -0.25) is 0 Å². The van der Waals surface area contributed by atoms with Gasteiger partial charge in [0.2, 0.25) is 0 Å². The molecule has 0 radical (unpaired) electrons. The van der Waals surface area contributed by atoms with Gasteiger partial charge in [-0.2, -0.15) is 0 Å². The minimum atomic E-state index is -0.389. The summed E-state index contributed by atoms with van der Waals surface area (Å²) in [5.41, 5.74) is 6.77. The van der Waals surface area contributed by atoms with Gasteiger partial charge in [-0.05, 0) is 46.4 Å². The SMILES string of the molecule is C#Cc1cccc(C=CCCNC(=O)OCC2c3ccccc3-c3ccccc32)c1. The van der Waals surface area contributed by atoms with E-state index in [0.717, 1.165) is 11.1 Å². The van der Waals surface area contributed by atoms with Crippen LogP contribution in [0.3, 0.4) is 0 Å². The zero-order valence-corrected chi connectivity index (χ0v) is 16.7. The standard InChI is InChI=1S/C27H23NO2/c1-2-20-11-9-12-21(18-20)10-7-8-17-28-27(29)30-19-26-24-15-5-3-13-22(24)23-14-4-6-16-25(23)26/h1,3-7,9-16,18,26H,8,17,19H2,(H,28,29). The van der Waals surface area contributed by atoms with Gasteiger partial charge < -0.3 is 10.1 Å². The second kappa shape index (κ2) is 9.15. The van der Waals surface area contributed by atoms with Crippen LogP contribution in [0.15, 0.2) is 78.9 Å². The molecule has 0 saturated carbocycles. The summed E-state index contributed by atoms with van der Waals surface area (Å²) >= 11 is 0. The Kier molecular flexibility index (Phi) is 5.96. The fourth-order valence-corrected chi connectivity index (χ4v) is 3.86. The Morgan fingerprint density at radius 2 is 1.70 bits per heavy atom. The summed E-state index contributed by atoms with van der Waals surface area (Å²) < 4.78 is 5.54. The van der Waals surface area contributed by atoms with Gasteiger partial charge in [-0.15, -0.1) is 6.42 Å². The van der Waals surface area contributed by atoms with Crippen molar-refractivity contribution < 1.29 is 9.53 Å². The van der Waals surface area contributed by atoms with Crippen molar-refractivity contribution in [2.45, 2.75) is 12.3 Å². The molecule has 0 saturated heterocycles. The number of ether oxygens (including phenoxy) is 1. The van der Waals surface area contributed by atoms with E-state index < -0.39 is 0 Å². The van der Waals surface area contributed by atoms with Crippen LogP contribution in [0.1, 0.15) is 34.6 Å². The van der Waals surface area contributed by atoms with Gasteiger partial charge in [-0.1, -0.05) is 78.7 Å². The number of rotatable bonds is 6. The minimum Gasteiger partial charge on any atom is -0.449 e. The smallest absolute Gasteiger partial charge is 0.407 e. The van der Waals surface area contributed by atoms with Crippen molar-refractivity contribution >= 4 is 12.2 Å². The Balaban J connectivity index is 1.27. The number of carbonyl (C=O) groups is 1. The van der Waals surface area contributed by atoms with E-state index in [4.69, 9.17) is 11.2 Å². The molecule has 1 N–H and O–H groups in total. The molecular weight excluding hydrogens is 370 g/mol. The molecule has 0 unspecified atom stereocenters. The average Bonchev–Trinajstić information content (AvgIpc) is 3.11. The van der Waals surface area contributed by atoms with Crippen molar-refractivity contribution in [3.63, 3.8) is 0 Å². The summed E-state index contributed by atoms with van der Waals surface area (Å²) in [7, 11) is 0. The van der Waals surface area contributed by atoms with Gasteiger partial charge in [0, 0.05) is 18.0 Å². The van der Waals surface area contributed by atoms with Crippen LogP contribution in [0.2, 0.25) is 0 Å². The molecule has 148 valence electrons. The Morgan fingerprint density at radius 3 is 2.40 bits per heavy atom. The number of hydrogen-bond donors (Lipinski definition) is 1. The minimum absolute atomic E-state index is 0.0754. The highest BCUT2D eigenvalue weighted by Gasteiger charge is 2.28. The first-order chi connectivity index (χ1) is 14.8. The second-order valence-corrected chi connectivity index (χ2v) is 7.21. The van der Waals surface area contributed by atoms with Crippen molar-refractivity contribution in [3.05, 3.63) is 101 Å². The van der Waals surface area contributed by atoms with E-state index in [1.54, 1.807) is 0 Å². The van der Waals surface area contributed by atoms with E-state index in [2.05, 4.69) is 35.5 Å². The monoisotopic (exact) mass is 393 g/mol. The molecule has 0 fully saturated rings. The highest BCUT2D eigenvalue weighted by molar-refractivity contribution is 5.79. The topological polar surface area (TPSA) is 38.3 Å². The summed E-state index contributed by atoms with van der Waals surface area (Å²) in [5.74, 6) is 2.70. The molecule has 3 heteroatoms. The summed E-state index contributed by atoms with van der Waals surface area (Å²) in [6.45, 7) is 0.844. The average molecular weight is 393 g/mol. The molecule has 3 aromatic carbocycles. The third kappa shape index (κ3) is 4.29. The first-order valence-corrected chi connectivity index (χ1v) is 10.1. The second-order valence-electron chi connectivity index (χ2n) is 7.21. The number of fused-ring (bicyclic) bond motifs is 3. The normalized spacial score (nSPS) is 12.2. The van der Waals surface area contributed by atoms with Crippen LogP contribution in [0.25, 0.3) is 17.2 Å². The van der Waals surface area contributed by atoms with E-state index in [1.165, 1.54) is 22.3 Å². The van der Waals surface area contributed by atoms with Crippen molar-refractivity contribution in [1.29, 1.82) is 0 Å². The lowest BCUT2D eigenvalue weighted by molar-refractivity contribution is 0.143. The number of nitrogens with one attached hydrogen (secondary N) is 1. The number of terminal acetylenes is 1. The molecule has 0 aliphatic heterocycles. The zero-order valence-electron chi connectivity index (χ0n) is 16.7. The zero-order chi connectivity index (χ0) is 20.8. The quantitative estimate of drug-likeness (QED) is 0.437. The van der Waals surface area contributed by atoms with Crippen LogP contribution in [0, 0.1) is 12.3 Å². The molecular formula is C27H23NO2. The molecule has 1 amide bonds. The van der Waals surface area contributed by atoms with Crippen LogP contribution in [0.4, 0.5) is 4.79 Å². The molecule has 0 heterocycles. The summed E-state index contributed by atoms with van der Waals surface area (Å²) in [5, 5.41) is 2.82. The molecule has 0 aromatic heterocycles. The third-order valence-electron chi connectivity index (χ3n) is 5.29. The van der Waals surface area contributed by atoms with Crippen LogP contribution in [0.5, 0.6) is 0 Å². The van der Waals surface area contributed by atoms with E-state index >= 15 is 0 Å². The number of hydrogen-bond acceptors (Lipinski definition) is 2. The van der Waals surface area contributed by atoms with Crippen LogP contribution in [-0.2, 0) is 4.74 Å². The first kappa shape index (κ1) is 19.5. The van der Waals surface area contributed by atoms with Gasteiger partial charge in [0.05, 0.1) is 0 Å². The maximum atomic E-state index is 12.2. The van der Waals surface area contributed by atoms with Gasteiger partial charge in [0.1, 0.15) is 6.61 Å². The molecule has 4 rings (SSSR count). The van der Waals surface area contributed by atoms with Crippen LogP contribution in [-0.4, -0.2) is 19.2 Å². The predicted molar refractivity (Wildman–Crippen MR) is 121 cm³/mol. The van der Waals surface area contributed by atoms with Gasteiger partial charge >= 0.3 is 6.09 Å². The van der Waals surface area contributed by atoms with Gasteiger partial charge in [0.25, 0.3) is 0 Å². The molecule has 0 spiro atoms. The number of amides is 1. The molecule has 3 nitrogen and oxygen atoms in total. The summed E-state index contributed by atoms with van der Waals surface area (Å²) in [4.78, 5) is 12.2. The molecule has 30 heavy (non-hydrogen) atoms. The maximum absolute atomic E-state index is 12.2. The van der Waals surface area contributed by atoms with E-state index in [9.17, 15) is 4.79 Å². The lowest BCUT2D eigenvalue weighted by Crippen LogP contribution is -2.26. The Bertz CT molecular complexity index is 1080. The highest BCUT2D eigenvalue weighted by Crippen LogP contribution is 2.44. The Morgan fingerprint density at radius 1 is 1.00 bits per heavy atom. The number of benzene rings is 3. The van der Waals surface area contributed by atoms with E-state index in [0.29, 0.717) is 19.6 Å². The van der Waals surface area contributed by atoms with E-state index in [1.807, 2.05) is 60.7 Å². The summed E-state index contributed by atoms with van der Waals surface area (Å²) in [6, 6.07) is 24.4. The third-order valence-corrected chi connectivity index (χ3v) is 5.29. The summed E-state index contributed by atoms with van der Waals surface area (Å²) in [6.07, 6.45) is 9.76. The Labute approximate surface area is 177 Å². The highest BCUT2D eigenvalue weighted by atomic mass is 16.5. The fourth-order valence-electron chi connectivity index (χ4n) is 3.86. The Hall–Kier alpha value is -3.77. The largest absolute Gasteiger partial charge is 0.449 e. The number of alkyl carbamates (subject to hydrolysis) is 1. The molecule has 1 aliphatic carbocycles. The van der Waals surface area contributed by atoms with Crippen molar-refractivity contribution in [3.8, 4) is 23.5 Å². The fraction of sp³-hybridized carbons (Fsp3) is 0.148. The number of carbonyl (C=O) groups excluding carboxylic acids is 1. The van der Waals surface area contributed by atoms with Crippen molar-refractivity contribution in [1.82, 2.24) is 5.32 Å². The van der Waals surface area contributed by atoms with E-state index in [-0.39, 0.29) is 12.0 Å². The lowest BCUT2D eigenvalue weighted by atomic mass is 9.98. The lowest BCUT2D eigenvalue weighted by Gasteiger charge is -2.14. The van der Waals surface area contributed by atoms with Gasteiger partial charge in [-0.25, -0.2) is 4.79 Å². The molecule has 3 aromatic rings. The van der Waals surface area contributed by atoms with Crippen molar-refractivity contribution in [2.75, 3.05) is 13.2 Å². The van der Waals surface area contributed by atoms with Crippen LogP contribution >= 0.6 is 0 Å².